The predicted molar refractivity (Wildman–Crippen MR) is 91.5 cm³/mol. The van der Waals surface area contributed by atoms with Gasteiger partial charge >= 0.3 is 0 Å². The number of aromatic nitrogens is 1. The van der Waals surface area contributed by atoms with Crippen molar-refractivity contribution in [2.75, 3.05) is 18.1 Å². The Morgan fingerprint density at radius 2 is 2.09 bits per heavy atom. The zero-order valence-corrected chi connectivity index (χ0v) is 14.5. The molecule has 1 amide bonds. The first-order valence-electron chi connectivity index (χ1n) is 7.92. The largest absolute Gasteiger partial charge is 0.358 e. The zero-order valence-electron chi connectivity index (χ0n) is 13.7. The molecule has 2 aromatic rings. The van der Waals surface area contributed by atoms with Crippen LogP contribution in [0.1, 0.15) is 35.0 Å². The predicted octanol–water partition coefficient (Wildman–Crippen LogP) is 2.43. The fourth-order valence-corrected chi connectivity index (χ4v) is 5.18. The Balaban J connectivity index is 2.00. The van der Waals surface area contributed by atoms with E-state index in [2.05, 4.69) is 4.98 Å². The second-order valence-corrected chi connectivity index (χ2v) is 8.55. The van der Waals surface area contributed by atoms with E-state index in [0.717, 1.165) is 22.2 Å². The molecule has 1 aromatic heterocycles. The molecule has 0 spiro atoms. The Morgan fingerprint density at radius 3 is 2.70 bits per heavy atom. The maximum atomic E-state index is 13.1. The van der Waals surface area contributed by atoms with Crippen molar-refractivity contribution in [1.82, 2.24) is 9.88 Å². The lowest BCUT2D eigenvalue weighted by molar-refractivity contribution is 0.0709. The second kappa shape index (κ2) is 5.67. The first-order valence-corrected chi connectivity index (χ1v) is 9.75. The Morgan fingerprint density at radius 1 is 1.35 bits per heavy atom. The van der Waals surface area contributed by atoms with Crippen molar-refractivity contribution < 1.29 is 13.2 Å². The van der Waals surface area contributed by atoms with Crippen molar-refractivity contribution in [2.45, 2.75) is 33.2 Å². The molecule has 0 radical (unpaired) electrons. The minimum atomic E-state index is -3.01. The molecule has 124 valence electrons. The van der Waals surface area contributed by atoms with Gasteiger partial charge in [-0.2, -0.15) is 0 Å². The first-order chi connectivity index (χ1) is 10.8. The molecule has 0 bridgehead atoms. The smallest absolute Gasteiger partial charge is 0.256 e. The summed E-state index contributed by atoms with van der Waals surface area (Å²) in [5, 5.41) is 0.900. The van der Waals surface area contributed by atoms with Gasteiger partial charge in [0.05, 0.1) is 17.1 Å². The lowest BCUT2D eigenvalue weighted by atomic mass is 10.1. The molecule has 6 heteroatoms. The van der Waals surface area contributed by atoms with Crippen LogP contribution in [0.4, 0.5) is 0 Å². The van der Waals surface area contributed by atoms with Crippen LogP contribution in [-0.2, 0) is 9.84 Å². The van der Waals surface area contributed by atoms with Crippen molar-refractivity contribution in [3.05, 3.63) is 35.0 Å². The summed E-state index contributed by atoms with van der Waals surface area (Å²) in [4.78, 5) is 18.0. The maximum absolute atomic E-state index is 13.1. The van der Waals surface area contributed by atoms with Gasteiger partial charge in [-0.1, -0.05) is 12.1 Å². The van der Waals surface area contributed by atoms with Crippen LogP contribution in [0.25, 0.3) is 10.9 Å². The monoisotopic (exact) mass is 334 g/mol. The number of hydrogen-bond acceptors (Lipinski definition) is 3. The van der Waals surface area contributed by atoms with Gasteiger partial charge in [0.15, 0.2) is 9.84 Å². The van der Waals surface area contributed by atoms with E-state index in [0.29, 0.717) is 18.5 Å². The molecule has 1 saturated heterocycles. The first kappa shape index (κ1) is 16.1. The highest BCUT2D eigenvalue weighted by Gasteiger charge is 2.35. The topological polar surface area (TPSA) is 70.2 Å². The summed E-state index contributed by atoms with van der Waals surface area (Å²) in [5.74, 6) is 0.169. The van der Waals surface area contributed by atoms with Gasteiger partial charge in [0.25, 0.3) is 5.91 Å². The van der Waals surface area contributed by atoms with E-state index in [4.69, 9.17) is 0 Å². The molecule has 0 aliphatic carbocycles. The van der Waals surface area contributed by atoms with Gasteiger partial charge in [0.1, 0.15) is 0 Å². The molecule has 1 aromatic carbocycles. The fraction of sp³-hybridized carbons (Fsp3) is 0.471. The number of carbonyl (C=O) groups excluding carboxylic acids is 1. The standard InChI is InChI=1S/C17H22N2O3S/c1-4-19(13-7-8-23(21,22)10-13)17(20)16-12(3)18-15-9-11(2)5-6-14(15)16/h5-6,9,13,18H,4,7-8,10H2,1-3H3. The molecule has 1 fully saturated rings. The van der Waals surface area contributed by atoms with Crippen LogP contribution in [0.2, 0.25) is 0 Å². The number of amides is 1. The highest BCUT2D eigenvalue weighted by Crippen LogP contribution is 2.27. The van der Waals surface area contributed by atoms with E-state index in [1.54, 1.807) is 4.90 Å². The third kappa shape index (κ3) is 2.87. The van der Waals surface area contributed by atoms with Gasteiger partial charge in [-0.3, -0.25) is 4.79 Å². The van der Waals surface area contributed by atoms with E-state index in [1.165, 1.54) is 0 Å². The van der Waals surface area contributed by atoms with Crippen molar-refractivity contribution in [3.63, 3.8) is 0 Å². The van der Waals surface area contributed by atoms with Gasteiger partial charge in [0.2, 0.25) is 0 Å². The molecule has 2 heterocycles. The van der Waals surface area contributed by atoms with Gasteiger partial charge in [-0.15, -0.1) is 0 Å². The van der Waals surface area contributed by atoms with Crippen LogP contribution in [0.15, 0.2) is 18.2 Å². The summed E-state index contributed by atoms with van der Waals surface area (Å²) in [6.07, 6.45) is 0.530. The number of nitrogens with zero attached hydrogens (tertiary/aromatic N) is 1. The molecule has 3 rings (SSSR count). The molecule has 0 saturated carbocycles. The Hall–Kier alpha value is -1.82. The summed E-state index contributed by atoms with van der Waals surface area (Å²) in [5.41, 5.74) is 3.56. The SMILES string of the molecule is CCN(C(=O)c1c(C)[nH]c2cc(C)ccc12)C1CCS(=O)(=O)C1. The number of nitrogens with one attached hydrogen (secondary N) is 1. The molecule has 1 aliphatic rings. The number of carbonyl (C=O) groups is 1. The van der Waals surface area contributed by atoms with Crippen molar-refractivity contribution in [2.24, 2.45) is 0 Å². The summed E-state index contributed by atoms with van der Waals surface area (Å²) >= 11 is 0. The number of sulfone groups is 1. The minimum absolute atomic E-state index is 0.0765. The van der Waals surface area contributed by atoms with Crippen LogP contribution < -0.4 is 0 Å². The average Bonchev–Trinajstić information content (AvgIpc) is 2.98. The van der Waals surface area contributed by atoms with Crippen LogP contribution in [-0.4, -0.2) is 48.3 Å². The van der Waals surface area contributed by atoms with Crippen molar-refractivity contribution >= 4 is 26.6 Å². The fourth-order valence-electron chi connectivity index (χ4n) is 3.45. The number of benzene rings is 1. The normalized spacial score (nSPS) is 20.0. The second-order valence-electron chi connectivity index (χ2n) is 6.32. The summed E-state index contributed by atoms with van der Waals surface area (Å²) in [6, 6.07) is 5.76. The molecule has 1 aliphatic heterocycles. The van der Waals surface area contributed by atoms with Gasteiger partial charge < -0.3 is 9.88 Å². The van der Waals surface area contributed by atoms with E-state index < -0.39 is 9.84 Å². The Bertz CT molecular complexity index is 867. The van der Waals surface area contributed by atoms with Crippen LogP contribution in [0, 0.1) is 13.8 Å². The quantitative estimate of drug-likeness (QED) is 0.937. The van der Waals surface area contributed by atoms with Gasteiger partial charge in [-0.05, 0) is 38.8 Å². The van der Waals surface area contributed by atoms with Gasteiger partial charge in [0, 0.05) is 29.2 Å². The van der Waals surface area contributed by atoms with Gasteiger partial charge in [-0.25, -0.2) is 8.42 Å². The molecular formula is C17H22N2O3S. The highest BCUT2D eigenvalue weighted by atomic mass is 32.2. The summed E-state index contributed by atoms with van der Waals surface area (Å²) in [6.45, 7) is 6.31. The number of H-pyrrole nitrogens is 1. The number of hydrogen-bond donors (Lipinski definition) is 1. The van der Waals surface area contributed by atoms with E-state index in [-0.39, 0.29) is 23.5 Å². The zero-order chi connectivity index (χ0) is 16.8. The van der Waals surface area contributed by atoms with Crippen LogP contribution >= 0.6 is 0 Å². The van der Waals surface area contributed by atoms with Crippen LogP contribution in [0.3, 0.4) is 0 Å². The lowest BCUT2D eigenvalue weighted by Gasteiger charge is -2.27. The summed E-state index contributed by atoms with van der Waals surface area (Å²) in [7, 11) is -3.01. The summed E-state index contributed by atoms with van der Waals surface area (Å²) < 4.78 is 23.5. The molecular weight excluding hydrogens is 312 g/mol. The Labute approximate surface area is 136 Å². The lowest BCUT2D eigenvalue weighted by Crippen LogP contribution is -2.41. The number of aromatic amines is 1. The average molecular weight is 334 g/mol. The molecule has 1 N–H and O–H groups in total. The number of aryl methyl sites for hydroxylation is 2. The van der Waals surface area contributed by atoms with Crippen LogP contribution in [0.5, 0.6) is 0 Å². The molecule has 1 atom stereocenters. The third-order valence-corrected chi connectivity index (χ3v) is 6.36. The van der Waals surface area contributed by atoms with E-state index in [9.17, 15) is 13.2 Å². The number of fused-ring (bicyclic) bond motifs is 1. The molecule has 23 heavy (non-hydrogen) atoms. The van der Waals surface area contributed by atoms with E-state index in [1.807, 2.05) is 39.0 Å². The van der Waals surface area contributed by atoms with E-state index >= 15 is 0 Å². The third-order valence-electron chi connectivity index (χ3n) is 4.61. The number of rotatable bonds is 3. The van der Waals surface area contributed by atoms with Crippen molar-refractivity contribution in [3.8, 4) is 0 Å². The van der Waals surface area contributed by atoms with Crippen molar-refractivity contribution in [1.29, 1.82) is 0 Å². The molecule has 5 nitrogen and oxygen atoms in total. The minimum Gasteiger partial charge on any atom is -0.358 e. The maximum Gasteiger partial charge on any atom is 0.256 e. The molecule has 1 unspecified atom stereocenters. The Kier molecular flexibility index (Phi) is 3.96. The highest BCUT2D eigenvalue weighted by molar-refractivity contribution is 7.91.